The van der Waals surface area contributed by atoms with E-state index in [4.69, 9.17) is 4.42 Å². The Balaban J connectivity index is 1.28. The molecule has 3 aromatic rings. The van der Waals surface area contributed by atoms with Crippen molar-refractivity contribution in [3.8, 4) is 11.5 Å². The second-order valence-corrected chi connectivity index (χ2v) is 8.22. The summed E-state index contributed by atoms with van der Waals surface area (Å²) >= 11 is 0. The number of nitrogens with zero attached hydrogens (tertiary/aromatic N) is 3. The Labute approximate surface area is 187 Å². The Hall–Kier alpha value is -3.26. The van der Waals surface area contributed by atoms with Crippen molar-refractivity contribution < 1.29 is 13.6 Å². The highest BCUT2D eigenvalue weighted by molar-refractivity contribution is 6.04. The summed E-state index contributed by atoms with van der Waals surface area (Å²) in [5.74, 6) is -0.670. The van der Waals surface area contributed by atoms with Crippen LogP contribution in [0.3, 0.4) is 0 Å². The maximum atomic E-state index is 13.8. The van der Waals surface area contributed by atoms with Crippen molar-refractivity contribution in [1.82, 2.24) is 15.1 Å². The first-order chi connectivity index (χ1) is 15.5. The number of likely N-dealkylation sites (tertiary alicyclic amines) is 1. The Morgan fingerprint density at radius 2 is 1.81 bits per heavy atom. The molecule has 0 aliphatic carbocycles. The summed E-state index contributed by atoms with van der Waals surface area (Å²) in [6.45, 7) is 6.39. The van der Waals surface area contributed by atoms with Gasteiger partial charge < -0.3 is 15.1 Å². The molecule has 7 nitrogen and oxygen atoms in total. The van der Waals surface area contributed by atoms with Crippen LogP contribution in [-0.2, 0) is 0 Å². The molecule has 0 bridgehead atoms. The van der Waals surface area contributed by atoms with Crippen LogP contribution in [0, 0.1) is 5.82 Å². The lowest BCUT2D eigenvalue weighted by Gasteiger charge is -2.25. The van der Waals surface area contributed by atoms with E-state index in [2.05, 4.69) is 39.6 Å². The zero-order valence-electron chi connectivity index (χ0n) is 18.3. The summed E-state index contributed by atoms with van der Waals surface area (Å²) in [5.41, 5.74) is 1.28. The SMILES string of the molecule is C[C@@H]1CC[C@@H](C)N1CCCNc1nnc(-c2ccc(NC(=O)c3ccccc3F)cc2)o1. The normalized spacial score (nSPS) is 18.6. The Morgan fingerprint density at radius 3 is 2.53 bits per heavy atom. The smallest absolute Gasteiger partial charge is 0.315 e. The summed E-state index contributed by atoms with van der Waals surface area (Å²) in [6.07, 6.45) is 3.54. The number of benzene rings is 2. The maximum absolute atomic E-state index is 13.8. The molecule has 2 N–H and O–H groups in total. The Kier molecular flexibility index (Phi) is 6.80. The molecule has 2 heterocycles. The first-order valence-corrected chi connectivity index (χ1v) is 11.0. The monoisotopic (exact) mass is 437 g/mol. The average Bonchev–Trinajstić information content (AvgIpc) is 3.39. The number of carbonyl (C=O) groups excluding carboxylic acids is 1. The predicted octanol–water partition coefficient (Wildman–Crippen LogP) is 4.80. The van der Waals surface area contributed by atoms with Gasteiger partial charge in [0.25, 0.3) is 5.91 Å². The fourth-order valence-corrected chi connectivity index (χ4v) is 4.10. The quantitative estimate of drug-likeness (QED) is 0.493. The third-order valence-corrected chi connectivity index (χ3v) is 5.94. The van der Waals surface area contributed by atoms with Gasteiger partial charge in [-0.3, -0.25) is 9.69 Å². The second kappa shape index (κ2) is 9.91. The molecule has 1 fully saturated rings. The largest absolute Gasteiger partial charge is 0.403 e. The minimum absolute atomic E-state index is 0.00200. The minimum atomic E-state index is -0.558. The van der Waals surface area contributed by atoms with Crippen molar-refractivity contribution in [2.75, 3.05) is 23.7 Å². The molecule has 0 saturated carbocycles. The standard InChI is InChI=1S/C24H28FN5O2/c1-16-8-9-17(2)30(16)15-5-14-26-24-29-28-23(32-24)18-10-12-19(13-11-18)27-22(31)20-6-3-4-7-21(20)25/h3-4,6-7,10-13,16-17H,5,8-9,14-15H2,1-2H3,(H,26,29)(H,27,31)/t16-,17-/m1/s1. The van der Waals surface area contributed by atoms with Crippen LogP contribution >= 0.6 is 0 Å². The number of carbonyl (C=O) groups is 1. The first kappa shape index (κ1) is 22.0. The molecule has 1 aliphatic heterocycles. The molecule has 0 radical (unpaired) electrons. The van der Waals surface area contributed by atoms with Crippen molar-refractivity contribution in [1.29, 1.82) is 0 Å². The molecule has 1 aromatic heterocycles. The zero-order chi connectivity index (χ0) is 22.5. The third-order valence-electron chi connectivity index (χ3n) is 5.94. The lowest BCUT2D eigenvalue weighted by Crippen LogP contribution is -2.34. The van der Waals surface area contributed by atoms with Crippen molar-refractivity contribution in [3.05, 3.63) is 59.9 Å². The Morgan fingerprint density at radius 1 is 1.09 bits per heavy atom. The summed E-state index contributed by atoms with van der Waals surface area (Å²) in [4.78, 5) is 14.8. The molecular weight excluding hydrogens is 409 g/mol. The molecule has 8 heteroatoms. The topological polar surface area (TPSA) is 83.3 Å². The van der Waals surface area contributed by atoms with E-state index in [9.17, 15) is 9.18 Å². The molecule has 1 saturated heterocycles. The van der Waals surface area contributed by atoms with Gasteiger partial charge in [-0.25, -0.2) is 4.39 Å². The van der Waals surface area contributed by atoms with E-state index in [1.165, 1.54) is 25.0 Å². The van der Waals surface area contributed by atoms with Crippen LogP contribution in [0.25, 0.3) is 11.5 Å². The molecule has 2 atom stereocenters. The lowest BCUT2D eigenvalue weighted by atomic mass is 10.1. The molecule has 168 valence electrons. The van der Waals surface area contributed by atoms with E-state index in [0.717, 1.165) is 25.1 Å². The van der Waals surface area contributed by atoms with Crippen LogP contribution in [0.15, 0.2) is 52.9 Å². The van der Waals surface area contributed by atoms with Gasteiger partial charge in [0.15, 0.2) is 0 Å². The van der Waals surface area contributed by atoms with Gasteiger partial charge >= 0.3 is 6.01 Å². The molecule has 1 amide bonds. The highest BCUT2D eigenvalue weighted by Gasteiger charge is 2.26. The number of aromatic nitrogens is 2. The van der Waals surface area contributed by atoms with E-state index < -0.39 is 11.7 Å². The first-order valence-electron chi connectivity index (χ1n) is 11.0. The van der Waals surface area contributed by atoms with E-state index in [1.54, 1.807) is 36.4 Å². The lowest BCUT2D eigenvalue weighted by molar-refractivity contribution is 0.102. The van der Waals surface area contributed by atoms with Crippen LogP contribution in [0.4, 0.5) is 16.1 Å². The van der Waals surface area contributed by atoms with E-state index in [0.29, 0.717) is 29.7 Å². The number of hydrogen-bond acceptors (Lipinski definition) is 6. The van der Waals surface area contributed by atoms with Gasteiger partial charge in [0.2, 0.25) is 5.89 Å². The molecule has 2 aromatic carbocycles. The van der Waals surface area contributed by atoms with Gasteiger partial charge in [0.1, 0.15) is 5.82 Å². The highest BCUT2D eigenvalue weighted by atomic mass is 19.1. The second-order valence-electron chi connectivity index (χ2n) is 8.22. The van der Waals surface area contributed by atoms with Crippen LogP contribution in [0.2, 0.25) is 0 Å². The van der Waals surface area contributed by atoms with Crippen molar-refractivity contribution >= 4 is 17.6 Å². The zero-order valence-corrected chi connectivity index (χ0v) is 18.3. The van der Waals surface area contributed by atoms with E-state index in [-0.39, 0.29) is 5.56 Å². The molecule has 0 unspecified atom stereocenters. The van der Waals surface area contributed by atoms with E-state index in [1.807, 2.05) is 0 Å². The fraction of sp³-hybridized carbons (Fsp3) is 0.375. The number of hydrogen-bond donors (Lipinski definition) is 2. The molecule has 1 aliphatic rings. The van der Waals surface area contributed by atoms with Gasteiger partial charge in [-0.2, -0.15) is 0 Å². The molecular formula is C24H28FN5O2. The summed E-state index contributed by atoms with van der Waals surface area (Å²) < 4.78 is 19.5. The van der Waals surface area contributed by atoms with Crippen LogP contribution in [-0.4, -0.2) is 46.2 Å². The van der Waals surface area contributed by atoms with Crippen molar-refractivity contribution in [3.63, 3.8) is 0 Å². The van der Waals surface area contributed by atoms with Gasteiger partial charge in [0, 0.05) is 36.4 Å². The van der Waals surface area contributed by atoms with Gasteiger partial charge in [0.05, 0.1) is 5.56 Å². The fourth-order valence-electron chi connectivity index (χ4n) is 4.10. The molecule has 0 spiro atoms. The maximum Gasteiger partial charge on any atom is 0.315 e. The number of nitrogens with one attached hydrogen (secondary N) is 2. The minimum Gasteiger partial charge on any atom is -0.403 e. The summed E-state index contributed by atoms with van der Waals surface area (Å²) in [5, 5.41) is 14.0. The van der Waals surface area contributed by atoms with Crippen LogP contribution in [0.1, 0.15) is 43.5 Å². The highest BCUT2D eigenvalue weighted by Crippen LogP contribution is 2.24. The summed E-state index contributed by atoms with van der Waals surface area (Å²) in [7, 11) is 0. The van der Waals surface area contributed by atoms with Gasteiger partial charge in [-0.05, 0) is 69.5 Å². The molecule has 4 rings (SSSR count). The van der Waals surface area contributed by atoms with Crippen LogP contribution in [0.5, 0.6) is 0 Å². The number of anilines is 2. The van der Waals surface area contributed by atoms with Gasteiger partial charge in [-0.15, -0.1) is 5.10 Å². The Bertz CT molecular complexity index is 1040. The van der Waals surface area contributed by atoms with Crippen molar-refractivity contribution in [2.24, 2.45) is 0 Å². The summed E-state index contributed by atoms with van der Waals surface area (Å²) in [6, 6.07) is 14.5. The predicted molar refractivity (Wildman–Crippen MR) is 122 cm³/mol. The number of rotatable bonds is 8. The van der Waals surface area contributed by atoms with Crippen LogP contribution < -0.4 is 10.6 Å². The number of halogens is 1. The van der Waals surface area contributed by atoms with E-state index >= 15 is 0 Å². The van der Waals surface area contributed by atoms with Gasteiger partial charge in [-0.1, -0.05) is 17.2 Å². The number of amides is 1. The average molecular weight is 438 g/mol. The molecule has 32 heavy (non-hydrogen) atoms. The third kappa shape index (κ3) is 5.13. The van der Waals surface area contributed by atoms with Crippen molar-refractivity contribution in [2.45, 2.75) is 45.2 Å².